The molecule has 0 aliphatic rings. The molecule has 0 radical (unpaired) electrons. The van der Waals surface area contributed by atoms with Crippen LogP contribution in [0, 0.1) is 6.92 Å². The minimum atomic E-state index is -4.93. The number of hydrogen-bond acceptors (Lipinski definition) is 0. The number of halogens is 5. The molecule has 7 heteroatoms. The van der Waals surface area contributed by atoms with Crippen LogP contribution in [0.5, 0.6) is 0 Å². The second kappa shape index (κ2) is 6.83. The Morgan fingerprint density at radius 2 is 1.56 bits per heavy atom. The zero-order chi connectivity index (χ0) is 11.6. The Labute approximate surface area is 145 Å². The molecule has 16 heavy (non-hydrogen) atoms. The predicted octanol–water partition coefficient (Wildman–Crippen LogP) is 1.71. The average molecular weight is 293 g/mol. The van der Waals surface area contributed by atoms with Crippen molar-refractivity contribution in [2.45, 2.75) is 6.92 Å². The van der Waals surface area contributed by atoms with Crippen LogP contribution in [0.3, 0.4) is 0 Å². The van der Waals surface area contributed by atoms with Gasteiger partial charge in [-0.25, -0.2) is 0 Å². The van der Waals surface area contributed by atoms with E-state index in [0.29, 0.717) is 21.2 Å². The molecule has 0 bridgehead atoms. The van der Waals surface area contributed by atoms with Crippen LogP contribution in [0.1, 0.15) is 11.1 Å². The maximum atomic E-state index is 11.9. The third kappa shape index (κ3) is 5.58. The van der Waals surface area contributed by atoms with E-state index in [1.165, 1.54) is 12.1 Å². The van der Waals surface area contributed by atoms with Gasteiger partial charge in [0.25, 0.3) is 0 Å². The molecule has 0 spiro atoms. The first kappa shape index (κ1) is 17.0. The minimum Gasteiger partial charge on any atom is -0.445 e. The second-order valence-corrected chi connectivity index (χ2v) is 3.91. The van der Waals surface area contributed by atoms with Gasteiger partial charge in [-0.2, -0.15) is 0 Å². The fraction of sp³-hybridized carbons (Fsp3) is 0.111. The molecule has 0 aliphatic heterocycles. The summed E-state index contributed by atoms with van der Waals surface area (Å²) in [6, 6.07) is 2.89. The summed E-state index contributed by atoms with van der Waals surface area (Å²) >= 11 is 11.5. The van der Waals surface area contributed by atoms with Gasteiger partial charge in [0, 0.05) is 10.0 Å². The van der Waals surface area contributed by atoms with Crippen molar-refractivity contribution < 1.29 is 64.3 Å². The molecular formula is C9H7BCl2F3K. The zero-order valence-corrected chi connectivity index (χ0v) is 13.4. The van der Waals surface area contributed by atoms with E-state index in [1.807, 2.05) is 0 Å². The van der Waals surface area contributed by atoms with Crippen LogP contribution in [0.4, 0.5) is 12.9 Å². The third-order valence-electron chi connectivity index (χ3n) is 1.81. The summed E-state index contributed by atoms with van der Waals surface area (Å²) in [5.74, 6) is 0.206. The normalized spacial score (nSPS) is 11.6. The molecule has 0 unspecified atom stereocenters. The van der Waals surface area contributed by atoms with Crippen molar-refractivity contribution in [1.29, 1.82) is 0 Å². The summed E-state index contributed by atoms with van der Waals surface area (Å²) in [4.78, 5) is 0. The van der Waals surface area contributed by atoms with E-state index in [1.54, 1.807) is 6.92 Å². The van der Waals surface area contributed by atoms with Crippen molar-refractivity contribution in [3.05, 3.63) is 39.3 Å². The predicted molar refractivity (Wildman–Crippen MR) is 59.3 cm³/mol. The van der Waals surface area contributed by atoms with Gasteiger partial charge in [0.1, 0.15) is 0 Å². The van der Waals surface area contributed by atoms with E-state index < -0.39 is 6.98 Å². The Hall–Kier alpha value is 1.03. The summed E-state index contributed by atoms with van der Waals surface area (Å²) in [6.45, 7) is -3.23. The standard InChI is InChI=1S/C9H7BCl2F3.K/c1-6-8(11)4-7(5-9(6)12)2-3-10(13,14)15;/h2-5H,1H3;/q-1;+1/b3-2+;. The summed E-state index contributed by atoms with van der Waals surface area (Å²) in [5, 5.41) is 0.716. The van der Waals surface area contributed by atoms with Crippen molar-refractivity contribution in [2.75, 3.05) is 0 Å². The Balaban J connectivity index is 0.00000225. The van der Waals surface area contributed by atoms with Crippen LogP contribution in [-0.4, -0.2) is 6.98 Å². The maximum absolute atomic E-state index is 11.9. The second-order valence-electron chi connectivity index (χ2n) is 3.09. The molecule has 1 rings (SSSR count). The molecule has 0 fully saturated rings. The van der Waals surface area contributed by atoms with E-state index in [0.717, 1.165) is 6.08 Å². The monoisotopic (exact) mass is 292 g/mol. The largest absolute Gasteiger partial charge is 1.00 e. The summed E-state index contributed by atoms with van der Waals surface area (Å²) in [7, 11) is 0. The fourth-order valence-electron chi connectivity index (χ4n) is 0.981. The van der Waals surface area contributed by atoms with E-state index >= 15 is 0 Å². The molecule has 1 aromatic carbocycles. The zero-order valence-electron chi connectivity index (χ0n) is 8.78. The Morgan fingerprint density at radius 3 is 1.94 bits per heavy atom. The van der Waals surface area contributed by atoms with E-state index in [4.69, 9.17) is 23.2 Å². The summed E-state index contributed by atoms with van der Waals surface area (Å²) < 4.78 is 35.8. The van der Waals surface area contributed by atoms with Gasteiger partial charge in [-0.3, -0.25) is 0 Å². The summed E-state index contributed by atoms with van der Waals surface area (Å²) in [6.07, 6.45) is 0.956. The summed E-state index contributed by atoms with van der Waals surface area (Å²) in [5.41, 5.74) is 1.00. The Morgan fingerprint density at radius 1 is 1.12 bits per heavy atom. The van der Waals surface area contributed by atoms with Gasteiger partial charge in [0.05, 0.1) is 0 Å². The van der Waals surface area contributed by atoms with Gasteiger partial charge in [0.2, 0.25) is 0 Å². The average Bonchev–Trinajstić information content (AvgIpc) is 2.09. The van der Waals surface area contributed by atoms with Crippen molar-refractivity contribution >= 4 is 36.3 Å². The van der Waals surface area contributed by atoms with Crippen LogP contribution >= 0.6 is 23.2 Å². The smallest absolute Gasteiger partial charge is 0.445 e. The first-order chi connectivity index (χ1) is 6.79. The van der Waals surface area contributed by atoms with Crippen molar-refractivity contribution in [3.63, 3.8) is 0 Å². The van der Waals surface area contributed by atoms with Gasteiger partial charge in [-0.1, -0.05) is 29.3 Å². The van der Waals surface area contributed by atoms with Gasteiger partial charge in [0.15, 0.2) is 0 Å². The maximum Gasteiger partial charge on any atom is 1.00 e. The Kier molecular flexibility index (Phi) is 7.27. The first-order valence-electron chi connectivity index (χ1n) is 4.14. The van der Waals surface area contributed by atoms with Crippen molar-refractivity contribution in [1.82, 2.24) is 0 Å². The molecule has 1 aromatic rings. The van der Waals surface area contributed by atoms with Crippen LogP contribution in [-0.2, 0) is 0 Å². The Bertz CT molecular complexity index is 381. The van der Waals surface area contributed by atoms with Crippen molar-refractivity contribution in [2.24, 2.45) is 0 Å². The van der Waals surface area contributed by atoms with Crippen LogP contribution in [0.25, 0.3) is 6.08 Å². The topological polar surface area (TPSA) is 0 Å². The number of rotatable bonds is 2. The molecule has 0 atom stereocenters. The fourth-order valence-corrected chi connectivity index (χ4v) is 1.49. The van der Waals surface area contributed by atoms with Crippen molar-refractivity contribution in [3.8, 4) is 0 Å². The van der Waals surface area contributed by atoms with Crippen LogP contribution in [0.15, 0.2) is 18.1 Å². The molecule has 0 aliphatic carbocycles. The molecule has 0 aromatic heterocycles. The van der Waals surface area contributed by atoms with Crippen LogP contribution < -0.4 is 51.4 Å². The molecule has 0 saturated carbocycles. The molecule has 82 valence electrons. The number of benzene rings is 1. The van der Waals surface area contributed by atoms with E-state index in [9.17, 15) is 12.9 Å². The molecular weight excluding hydrogens is 286 g/mol. The number of hydrogen-bond donors (Lipinski definition) is 0. The van der Waals surface area contributed by atoms with Gasteiger partial charge < -0.3 is 12.9 Å². The minimum absolute atomic E-state index is 0. The quantitative estimate of drug-likeness (QED) is 0.728. The van der Waals surface area contributed by atoms with E-state index in [-0.39, 0.29) is 57.4 Å². The first-order valence-corrected chi connectivity index (χ1v) is 4.90. The molecule has 0 N–H and O–H groups in total. The SMILES string of the molecule is Cc1c(Cl)cc(/C=C/[B-](F)(F)F)cc1Cl.[K+]. The molecule has 0 nitrogen and oxygen atoms in total. The van der Waals surface area contributed by atoms with Crippen LogP contribution in [0.2, 0.25) is 10.0 Å². The third-order valence-corrected chi connectivity index (χ3v) is 2.60. The molecule has 0 amide bonds. The molecule has 0 saturated heterocycles. The molecule has 0 heterocycles. The van der Waals surface area contributed by atoms with Gasteiger partial charge in [-0.15, -0.1) is 5.98 Å². The van der Waals surface area contributed by atoms with Gasteiger partial charge >= 0.3 is 58.4 Å². The van der Waals surface area contributed by atoms with E-state index in [2.05, 4.69) is 0 Å². The van der Waals surface area contributed by atoms with Gasteiger partial charge in [-0.05, 0) is 30.2 Å².